The molecule has 0 aliphatic heterocycles. The Morgan fingerprint density at radius 2 is 1.89 bits per heavy atom. The first kappa shape index (κ1) is 13.7. The van der Waals surface area contributed by atoms with Crippen LogP contribution in [-0.4, -0.2) is 0 Å². The van der Waals surface area contributed by atoms with Gasteiger partial charge in [0.05, 0.1) is 5.02 Å². The maximum Gasteiger partial charge on any atom is 0.184 e. The minimum atomic E-state index is -0.574. The SMILES string of the molecule is Fc1c(Cl)cccc1Oc1ccc(Cl)cc1CBr. The molecule has 18 heavy (non-hydrogen) atoms. The predicted molar refractivity (Wildman–Crippen MR) is 75.6 cm³/mol. The van der Waals surface area contributed by atoms with Crippen molar-refractivity contribution in [3.05, 3.63) is 57.8 Å². The maximum atomic E-state index is 13.7. The molecule has 0 amide bonds. The van der Waals surface area contributed by atoms with Crippen LogP contribution >= 0.6 is 39.1 Å². The topological polar surface area (TPSA) is 9.23 Å². The first-order chi connectivity index (χ1) is 8.61. The van der Waals surface area contributed by atoms with E-state index < -0.39 is 5.82 Å². The summed E-state index contributed by atoms with van der Waals surface area (Å²) in [6.45, 7) is 0. The van der Waals surface area contributed by atoms with Crippen molar-refractivity contribution in [2.75, 3.05) is 0 Å². The Hall–Kier alpha value is -0.770. The number of alkyl halides is 1. The van der Waals surface area contributed by atoms with Crippen LogP contribution < -0.4 is 4.74 Å². The van der Waals surface area contributed by atoms with E-state index in [9.17, 15) is 4.39 Å². The van der Waals surface area contributed by atoms with E-state index in [1.165, 1.54) is 12.1 Å². The highest BCUT2D eigenvalue weighted by Crippen LogP contribution is 2.32. The summed E-state index contributed by atoms with van der Waals surface area (Å²) in [6, 6.07) is 9.76. The molecule has 5 heteroatoms. The van der Waals surface area contributed by atoms with E-state index in [1.807, 2.05) is 0 Å². The van der Waals surface area contributed by atoms with E-state index in [0.717, 1.165) is 5.56 Å². The molecule has 2 aromatic carbocycles. The van der Waals surface area contributed by atoms with Gasteiger partial charge in [0.1, 0.15) is 5.75 Å². The second-order valence-corrected chi connectivity index (χ2v) is 4.94. The van der Waals surface area contributed by atoms with Gasteiger partial charge < -0.3 is 4.74 Å². The molecule has 0 aliphatic carbocycles. The second-order valence-electron chi connectivity index (χ2n) is 3.54. The van der Waals surface area contributed by atoms with Gasteiger partial charge in [0, 0.05) is 15.9 Å². The quantitative estimate of drug-likeness (QED) is 0.634. The number of rotatable bonds is 3. The summed E-state index contributed by atoms with van der Waals surface area (Å²) in [6.07, 6.45) is 0. The Bertz CT molecular complexity index is 575. The highest BCUT2D eigenvalue weighted by molar-refractivity contribution is 9.08. The molecule has 0 atom stereocenters. The molecule has 0 saturated carbocycles. The van der Waals surface area contributed by atoms with Gasteiger partial charge in [-0.3, -0.25) is 0 Å². The average Bonchev–Trinajstić information content (AvgIpc) is 2.37. The van der Waals surface area contributed by atoms with Crippen LogP contribution in [0, 0.1) is 5.82 Å². The molecule has 94 valence electrons. The fourth-order valence-corrected chi connectivity index (χ4v) is 2.23. The number of halogens is 4. The lowest BCUT2D eigenvalue weighted by Crippen LogP contribution is -1.92. The van der Waals surface area contributed by atoms with Gasteiger partial charge in [-0.15, -0.1) is 0 Å². The summed E-state index contributed by atoms with van der Waals surface area (Å²) < 4.78 is 19.2. The number of hydrogen-bond acceptors (Lipinski definition) is 1. The van der Waals surface area contributed by atoms with E-state index in [-0.39, 0.29) is 10.8 Å². The van der Waals surface area contributed by atoms with E-state index in [0.29, 0.717) is 16.1 Å². The van der Waals surface area contributed by atoms with Crippen LogP contribution in [0.2, 0.25) is 10.0 Å². The molecule has 0 fully saturated rings. The molecule has 2 aromatic rings. The van der Waals surface area contributed by atoms with E-state index >= 15 is 0 Å². The van der Waals surface area contributed by atoms with Crippen LogP contribution in [0.1, 0.15) is 5.56 Å². The Labute approximate surface area is 123 Å². The minimum Gasteiger partial charge on any atom is -0.454 e. The molecule has 0 aromatic heterocycles. The number of hydrogen-bond donors (Lipinski definition) is 0. The normalized spacial score (nSPS) is 10.4. The largest absolute Gasteiger partial charge is 0.454 e. The molecule has 0 heterocycles. The van der Waals surface area contributed by atoms with Crippen LogP contribution in [0.4, 0.5) is 4.39 Å². The fraction of sp³-hybridized carbons (Fsp3) is 0.0769. The molecule has 1 nitrogen and oxygen atoms in total. The van der Waals surface area contributed by atoms with Gasteiger partial charge in [-0.1, -0.05) is 45.2 Å². The molecule has 0 aliphatic rings. The molecular formula is C13H8BrCl2FO. The standard InChI is InChI=1S/C13H8BrCl2FO/c14-7-8-6-9(15)4-5-11(8)18-12-3-1-2-10(16)13(12)17/h1-6H,7H2. The maximum absolute atomic E-state index is 13.7. The highest BCUT2D eigenvalue weighted by atomic mass is 79.9. The molecule has 2 rings (SSSR count). The summed E-state index contributed by atoms with van der Waals surface area (Å²) in [5, 5.41) is 1.19. The smallest absolute Gasteiger partial charge is 0.184 e. The zero-order valence-electron chi connectivity index (χ0n) is 9.09. The van der Waals surface area contributed by atoms with Crippen molar-refractivity contribution in [3.63, 3.8) is 0 Å². The fourth-order valence-electron chi connectivity index (χ4n) is 1.43. The van der Waals surface area contributed by atoms with Crippen LogP contribution in [0.25, 0.3) is 0 Å². The van der Waals surface area contributed by atoms with Crippen LogP contribution in [0.3, 0.4) is 0 Å². The monoisotopic (exact) mass is 348 g/mol. The lowest BCUT2D eigenvalue weighted by atomic mass is 10.2. The van der Waals surface area contributed by atoms with Gasteiger partial charge in [0.25, 0.3) is 0 Å². The molecule has 0 unspecified atom stereocenters. The van der Waals surface area contributed by atoms with Crippen molar-refractivity contribution in [1.29, 1.82) is 0 Å². The zero-order chi connectivity index (χ0) is 13.1. The Morgan fingerprint density at radius 3 is 2.61 bits per heavy atom. The first-order valence-electron chi connectivity index (χ1n) is 5.08. The van der Waals surface area contributed by atoms with Crippen molar-refractivity contribution in [3.8, 4) is 11.5 Å². The van der Waals surface area contributed by atoms with E-state index in [1.54, 1.807) is 24.3 Å². The van der Waals surface area contributed by atoms with Gasteiger partial charge in [0.2, 0.25) is 0 Å². The van der Waals surface area contributed by atoms with Crippen molar-refractivity contribution in [1.82, 2.24) is 0 Å². The highest BCUT2D eigenvalue weighted by Gasteiger charge is 2.11. The third kappa shape index (κ3) is 2.97. The Kier molecular flexibility index (Phi) is 4.49. The summed E-state index contributed by atoms with van der Waals surface area (Å²) in [5.41, 5.74) is 0.835. The van der Waals surface area contributed by atoms with Gasteiger partial charge >= 0.3 is 0 Å². The van der Waals surface area contributed by atoms with Crippen molar-refractivity contribution in [2.24, 2.45) is 0 Å². The third-order valence-electron chi connectivity index (χ3n) is 2.30. The molecule has 0 radical (unpaired) electrons. The number of ether oxygens (including phenoxy) is 1. The van der Waals surface area contributed by atoms with E-state index in [2.05, 4.69) is 15.9 Å². The molecule has 0 spiro atoms. The summed E-state index contributed by atoms with van der Waals surface area (Å²) in [5.74, 6) is 0.0547. The molecule has 0 N–H and O–H groups in total. The van der Waals surface area contributed by atoms with E-state index in [4.69, 9.17) is 27.9 Å². The predicted octanol–water partition coefficient (Wildman–Crippen LogP) is 5.82. The van der Waals surface area contributed by atoms with Gasteiger partial charge in [-0.25, -0.2) is 4.39 Å². The third-order valence-corrected chi connectivity index (χ3v) is 3.43. The zero-order valence-corrected chi connectivity index (χ0v) is 12.2. The van der Waals surface area contributed by atoms with Gasteiger partial charge in [0.15, 0.2) is 11.6 Å². The van der Waals surface area contributed by atoms with Crippen LogP contribution in [-0.2, 0) is 5.33 Å². The Balaban J connectivity index is 2.37. The van der Waals surface area contributed by atoms with Gasteiger partial charge in [-0.2, -0.15) is 0 Å². The summed E-state index contributed by atoms with van der Waals surface area (Å²) in [4.78, 5) is 0. The lowest BCUT2D eigenvalue weighted by Gasteiger charge is -2.11. The van der Waals surface area contributed by atoms with Crippen molar-refractivity contribution in [2.45, 2.75) is 5.33 Å². The lowest BCUT2D eigenvalue weighted by molar-refractivity contribution is 0.439. The first-order valence-corrected chi connectivity index (χ1v) is 6.96. The van der Waals surface area contributed by atoms with Crippen LogP contribution in [0.15, 0.2) is 36.4 Å². The molecular weight excluding hydrogens is 342 g/mol. The Morgan fingerprint density at radius 1 is 1.11 bits per heavy atom. The second kappa shape index (κ2) is 5.91. The average molecular weight is 350 g/mol. The summed E-state index contributed by atoms with van der Waals surface area (Å²) >= 11 is 14.9. The van der Waals surface area contributed by atoms with Crippen LogP contribution in [0.5, 0.6) is 11.5 Å². The van der Waals surface area contributed by atoms with Crippen molar-refractivity contribution < 1.29 is 9.13 Å². The van der Waals surface area contributed by atoms with Gasteiger partial charge in [-0.05, 0) is 30.3 Å². The number of benzene rings is 2. The molecule has 0 saturated heterocycles. The minimum absolute atomic E-state index is 0.0295. The summed E-state index contributed by atoms with van der Waals surface area (Å²) in [7, 11) is 0. The van der Waals surface area contributed by atoms with Crippen molar-refractivity contribution >= 4 is 39.1 Å². The molecule has 0 bridgehead atoms.